The summed E-state index contributed by atoms with van der Waals surface area (Å²) in [4.78, 5) is 25.4. The van der Waals surface area contributed by atoms with Gasteiger partial charge in [-0.05, 0) is 71.3 Å². The minimum Gasteiger partial charge on any atom is -0.307 e. The Balaban J connectivity index is 1.33. The first-order valence-corrected chi connectivity index (χ1v) is 12.2. The van der Waals surface area contributed by atoms with Crippen LogP contribution in [0.5, 0.6) is 0 Å². The third-order valence-electron chi connectivity index (χ3n) is 4.67. The number of carbonyl (C=O) groups is 2. The summed E-state index contributed by atoms with van der Waals surface area (Å²) < 4.78 is 29.3. The zero-order valence-corrected chi connectivity index (χ0v) is 18.8. The number of urea groups is 1. The maximum Gasteiger partial charge on any atom is 0.329 e. The van der Waals surface area contributed by atoms with Crippen molar-refractivity contribution in [1.82, 2.24) is 9.44 Å². The molecule has 7 nitrogen and oxygen atoms in total. The van der Waals surface area contributed by atoms with Crippen molar-refractivity contribution in [1.29, 1.82) is 0 Å². The van der Waals surface area contributed by atoms with Crippen molar-refractivity contribution in [2.45, 2.75) is 9.79 Å². The number of hydrogen-bond acceptors (Lipinski definition) is 5. The Kier molecular flexibility index (Phi) is 6.62. The van der Waals surface area contributed by atoms with Crippen LogP contribution in [0.25, 0.3) is 10.8 Å². The lowest BCUT2D eigenvalue weighted by Crippen LogP contribution is -2.30. The first-order valence-electron chi connectivity index (χ1n) is 9.86. The van der Waals surface area contributed by atoms with Gasteiger partial charge in [0.1, 0.15) is 0 Å². The van der Waals surface area contributed by atoms with Gasteiger partial charge in [-0.1, -0.05) is 48.5 Å². The van der Waals surface area contributed by atoms with Gasteiger partial charge in [-0.2, -0.15) is 0 Å². The molecule has 0 saturated heterocycles. The van der Waals surface area contributed by atoms with E-state index in [1.165, 1.54) is 48.3 Å². The van der Waals surface area contributed by atoms with Crippen LogP contribution in [-0.4, -0.2) is 20.4 Å². The van der Waals surface area contributed by atoms with Gasteiger partial charge in [0.25, 0.3) is 15.9 Å². The summed E-state index contributed by atoms with van der Waals surface area (Å²) in [5.41, 5.74) is 0.597. The fourth-order valence-corrected chi connectivity index (χ4v) is 4.62. The van der Waals surface area contributed by atoms with Gasteiger partial charge in [-0.15, -0.1) is 0 Å². The Bertz CT molecular complexity index is 1410. The Hall–Kier alpha value is -3.82. The molecule has 0 aliphatic rings. The quantitative estimate of drug-likeness (QED) is 0.347. The van der Waals surface area contributed by atoms with E-state index in [1.54, 1.807) is 18.2 Å². The lowest BCUT2D eigenvalue weighted by atomic mass is 10.1. The molecule has 4 rings (SSSR count). The minimum absolute atomic E-state index is 0.00257. The van der Waals surface area contributed by atoms with E-state index < -0.39 is 22.0 Å². The molecule has 0 unspecified atom stereocenters. The van der Waals surface area contributed by atoms with Gasteiger partial charge in [0.2, 0.25) is 0 Å². The van der Waals surface area contributed by atoms with Crippen molar-refractivity contribution in [2.24, 2.45) is 0 Å². The molecule has 0 heterocycles. The number of benzene rings is 4. The second-order valence-electron chi connectivity index (χ2n) is 6.99. The zero-order chi connectivity index (χ0) is 23.3. The van der Waals surface area contributed by atoms with Gasteiger partial charge in [0.15, 0.2) is 0 Å². The van der Waals surface area contributed by atoms with Gasteiger partial charge in [0.05, 0.1) is 4.90 Å². The number of sulfonamides is 1. The molecule has 0 aromatic heterocycles. The van der Waals surface area contributed by atoms with Gasteiger partial charge >= 0.3 is 6.03 Å². The number of fused-ring (bicyclic) bond motifs is 1. The molecule has 166 valence electrons. The topological polar surface area (TPSA) is 104 Å². The highest BCUT2D eigenvalue weighted by Crippen LogP contribution is 2.22. The average molecular weight is 478 g/mol. The predicted octanol–water partition coefficient (Wildman–Crippen LogP) is 4.79. The number of anilines is 1. The van der Waals surface area contributed by atoms with Crippen LogP contribution in [0.4, 0.5) is 10.5 Å². The van der Waals surface area contributed by atoms with E-state index in [0.717, 1.165) is 15.7 Å². The Morgan fingerprint density at radius 1 is 0.727 bits per heavy atom. The van der Waals surface area contributed by atoms with Crippen molar-refractivity contribution in [2.75, 3.05) is 5.32 Å². The second-order valence-corrected chi connectivity index (χ2v) is 9.55. The molecule has 0 spiro atoms. The fourth-order valence-electron chi connectivity index (χ4n) is 3.04. The van der Waals surface area contributed by atoms with Crippen LogP contribution in [0.3, 0.4) is 0 Å². The smallest absolute Gasteiger partial charge is 0.307 e. The van der Waals surface area contributed by atoms with Crippen LogP contribution in [0.1, 0.15) is 10.4 Å². The molecule has 33 heavy (non-hydrogen) atoms. The van der Waals surface area contributed by atoms with Gasteiger partial charge in [0, 0.05) is 16.1 Å². The number of rotatable bonds is 6. The molecule has 0 radical (unpaired) electrons. The summed E-state index contributed by atoms with van der Waals surface area (Å²) in [6.45, 7) is 0. The molecular weight excluding hydrogens is 458 g/mol. The molecule has 3 amide bonds. The van der Waals surface area contributed by atoms with E-state index in [1.807, 2.05) is 47.2 Å². The van der Waals surface area contributed by atoms with E-state index >= 15 is 0 Å². The average Bonchev–Trinajstić information content (AvgIpc) is 2.83. The standard InChI is InChI=1S/C24H19N3O4S2/c28-23(27-33(30,31)22-8-2-1-3-9-22)18-10-13-20(14-11-18)25-24(29)26-32-21-15-12-17-6-4-5-7-19(17)16-21/h1-16H,(H,27,28)(H2,25,26,29). The summed E-state index contributed by atoms with van der Waals surface area (Å²) in [6, 6.07) is 26.9. The lowest BCUT2D eigenvalue weighted by molar-refractivity contribution is 0.0981. The molecule has 0 saturated carbocycles. The highest BCUT2D eigenvalue weighted by molar-refractivity contribution is 7.98. The maximum atomic E-state index is 12.3. The Morgan fingerprint density at radius 2 is 1.39 bits per heavy atom. The third-order valence-corrected chi connectivity index (χ3v) is 6.79. The molecular formula is C24H19N3O4S2. The van der Waals surface area contributed by atoms with E-state index in [0.29, 0.717) is 5.69 Å². The van der Waals surface area contributed by atoms with Crippen molar-refractivity contribution >= 4 is 50.4 Å². The Labute approximate surface area is 195 Å². The van der Waals surface area contributed by atoms with Crippen LogP contribution < -0.4 is 14.8 Å². The van der Waals surface area contributed by atoms with Crippen molar-refractivity contribution in [3.05, 3.63) is 103 Å². The van der Waals surface area contributed by atoms with E-state index in [9.17, 15) is 18.0 Å². The van der Waals surface area contributed by atoms with Crippen molar-refractivity contribution in [3.8, 4) is 0 Å². The summed E-state index contributed by atoms with van der Waals surface area (Å²) in [5, 5.41) is 4.86. The van der Waals surface area contributed by atoms with Crippen LogP contribution in [-0.2, 0) is 10.0 Å². The molecule has 0 atom stereocenters. The predicted molar refractivity (Wildman–Crippen MR) is 129 cm³/mol. The maximum absolute atomic E-state index is 12.3. The largest absolute Gasteiger partial charge is 0.329 e. The summed E-state index contributed by atoms with van der Waals surface area (Å²) in [5.74, 6) is -0.762. The fraction of sp³-hybridized carbons (Fsp3) is 0. The van der Waals surface area contributed by atoms with E-state index in [-0.39, 0.29) is 10.5 Å². The minimum atomic E-state index is -3.97. The normalized spacial score (nSPS) is 11.0. The van der Waals surface area contributed by atoms with Gasteiger partial charge < -0.3 is 5.32 Å². The second kappa shape index (κ2) is 9.76. The monoisotopic (exact) mass is 477 g/mol. The molecule has 0 aliphatic heterocycles. The molecule has 9 heteroatoms. The number of amides is 3. The zero-order valence-electron chi connectivity index (χ0n) is 17.2. The molecule has 4 aromatic rings. The molecule has 0 fully saturated rings. The first-order chi connectivity index (χ1) is 15.9. The highest BCUT2D eigenvalue weighted by Gasteiger charge is 2.18. The van der Waals surface area contributed by atoms with E-state index in [4.69, 9.17) is 0 Å². The van der Waals surface area contributed by atoms with Gasteiger partial charge in [-0.3, -0.25) is 9.52 Å². The van der Waals surface area contributed by atoms with Crippen molar-refractivity contribution < 1.29 is 18.0 Å². The van der Waals surface area contributed by atoms with Crippen LogP contribution in [0.15, 0.2) is 107 Å². The van der Waals surface area contributed by atoms with Crippen molar-refractivity contribution in [3.63, 3.8) is 0 Å². The summed E-state index contributed by atoms with van der Waals surface area (Å²) in [6.07, 6.45) is 0. The number of nitrogens with one attached hydrogen (secondary N) is 3. The molecule has 3 N–H and O–H groups in total. The Morgan fingerprint density at radius 3 is 2.12 bits per heavy atom. The molecule has 0 aliphatic carbocycles. The summed E-state index contributed by atoms with van der Waals surface area (Å²) in [7, 11) is -3.97. The molecule has 0 bridgehead atoms. The van der Waals surface area contributed by atoms with Crippen LogP contribution in [0.2, 0.25) is 0 Å². The number of carbonyl (C=O) groups excluding carboxylic acids is 2. The van der Waals surface area contributed by atoms with Crippen LogP contribution >= 0.6 is 11.9 Å². The molecule has 4 aromatic carbocycles. The van der Waals surface area contributed by atoms with Gasteiger partial charge in [-0.25, -0.2) is 17.9 Å². The third kappa shape index (κ3) is 5.71. The highest BCUT2D eigenvalue weighted by atomic mass is 32.2. The first kappa shape index (κ1) is 22.4. The summed E-state index contributed by atoms with van der Waals surface area (Å²) >= 11 is 1.18. The van der Waals surface area contributed by atoms with E-state index in [2.05, 4.69) is 10.0 Å². The SMILES string of the molecule is O=C(NSc1ccc2ccccc2c1)Nc1ccc(C(=O)NS(=O)(=O)c2ccccc2)cc1. The lowest BCUT2D eigenvalue weighted by Gasteiger charge is -2.09. The van der Waals surface area contributed by atoms with Crippen LogP contribution in [0, 0.1) is 0 Å². The number of hydrogen-bond donors (Lipinski definition) is 3.